The third kappa shape index (κ3) is 4.29. The lowest BCUT2D eigenvalue weighted by Crippen LogP contribution is -2.42. The van der Waals surface area contributed by atoms with Crippen molar-refractivity contribution in [3.05, 3.63) is 0 Å². The molecule has 90 valence electrons. The van der Waals surface area contributed by atoms with Crippen molar-refractivity contribution >= 4 is 19.7 Å². The molecule has 1 fully saturated rings. The molecule has 0 aromatic rings. The van der Waals surface area contributed by atoms with Crippen LogP contribution in [0, 0.1) is 11.3 Å². The summed E-state index contributed by atoms with van der Waals surface area (Å²) in [6.07, 6.45) is 2.25. The van der Waals surface area contributed by atoms with E-state index in [9.17, 15) is 8.42 Å². The van der Waals surface area contributed by atoms with Gasteiger partial charge in [-0.3, -0.25) is 0 Å². The Hall–Kier alpha value is 0.200. The summed E-state index contributed by atoms with van der Waals surface area (Å²) in [6.45, 7) is 6.08. The lowest BCUT2D eigenvalue weighted by Gasteiger charge is -2.39. The second-order valence-corrected chi connectivity index (χ2v) is 8.05. The van der Waals surface area contributed by atoms with Crippen LogP contribution in [0.2, 0.25) is 0 Å². The van der Waals surface area contributed by atoms with Gasteiger partial charge in [0.05, 0.1) is 5.75 Å². The normalized spacial score (nSPS) is 25.5. The topological polar surface area (TPSA) is 37.4 Å². The zero-order valence-electron chi connectivity index (χ0n) is 9.66. The molecule has 1 heterocycles. The molecule has 0 amide bonds. The van der Waals surface area contributed by atoms with Crippen molar-refractivity contribution < 1.29 is 8.42 Å². The maximum absolute atomic E-state index is 11.1. The first-order valence-electron chi connectivity index (χ1n) is 5.31. The molecule has 1 unspecified atom stereocenters. The summed E-state index contributed by atoms with van der Waals surface area (Å²) in [7, 11) is 4.02. The van der Waals surface area contributed by atoms with Crippen LogP contribution in [0.4, 0.5) is 0 Å². The molecule has 0 aromatic carbocycles. The van der Waals surface area contributed by atoms with E-state index >= 15 is 0 Å². The fourth-order valence-corrected chi connectivity index (χ4v) is 4.33. The SMILES string of the molecule is CN1CCCC(C(C)(C)CS(=O)(=O)Cl)C1. The number of rotatable bonds is 3. The zero-order valence-corrected chi connectivity index (χ0v) is 11.2. The molecule has 0 bridgehead atoms. The highest BCUT2D eigenvalue weighted by molar-refractivity contribution is 8.13. The molecule has 0 radical (unpaired) electrons. The van der Waals surface area contributed by atoms with Crippen LogP contribution in [0.5, 0.6) is 0 Å². The average molecular weight is 254 g/mol. The maximum Gasteiger partial charge on any atom is 0.233 e. The van der Waals surface area contributed by atoms with Gasteiger partial charge < -0.3 is 4.90 Å². The Morgan fingerprint density at radius 1 is 1.47 bits per heavy atom. The van der Waals surface area contributed by atoms with E-state index in [1.165, 1.54) is 0 Å². The van der Waals surface area contributed by atoms with E-state index in [2.05, 4.69) is 11.9 Å². The number of halogens is 1. The first-order chi connectivity index (χ1) is 6.71. The lowest BCUT2D eigenvalue weighted by atomic mass is 9.76. The Balaban J connectivity index is 2.67. The molecule has 1 aliphatic rings. The van der Waals surface area contributed by atoms with E-state index in [1.807, 2.05) is 13.8 Å². The van der Waals surface area contributed by atoms with Gasteiger partial charge in [0.25, 0.3) is 0 Å². The van der Waals surface area contributed by atoms with Crippen molar-refractivity contribution in [1.82, 2.24) is 4.90 Å². The molecule has 15 heavy (non-hydrogen) atoms. The van der Waals surface area contributed by atoms with Gasteiger partial charge in [-0.05, 0) is 37.8 Å². The van der Waals surface area contributed by atoms with Gasteiger partial charge in [-0.1, -0.05) is 13.8 Å². The van der Waals surface area contributed by atoms with Gasteiger partial charge in [0.2, 0.25) is 9.05 Å². The quantitative estimate of drug-likeness (QED) is 0.722. The van der Waals surface area contributed by atoms with Crippen molar-refractivity contribution in [3.63, 3.8) is 0 Å². The highest BCUT2D eigenvalue weighted by atomic mass is 35.7. The minimum atomic E-state index is -3.39. The standard InChI is InChI=1S/C10H20ClNO2S/c1-10(2,8-15(11,13)14)9-5-4-6-12(3)7-9/h9H,4-8H2,1-3H3. The molecule has 3 nitrogen and oxygen atoms in total. The van der Waals surface area contributed by atoms with Gasteiger partial charge in [0.1, 0.15) is 0 Å². The average Bonchev–Trinajstić information content (AvgIpc) is 1.99. The van der Waals surface area contributed by atoms with Crippen molar-refractivity contribution in [2.75, 3.05) is 25.9 Å². The van der Waals surface area contributed by atoms with Crippen LogP contribution in [-0.2, 0) is 9.05 Å². The summed E-state index contributed by atoms with van der Waals surface area (Å²) in [5, 5.41) is 0. The highest BCUT2D eigenvalue weighted by Gasteiger charge is 2.35. The number of likely N-dealkylation sites (tertiary alicyclic amines) is 1. The smallest absolute Gasteiger partial charge is 0.233 e. The van der Waals surface area contributed by atoms with Gasteiger partial charge in [-0.25, -0.2) is 8.42 Å². The van der Waals surface area contributed by atoms with E-state index in [0.717, 1.165) is 25.9 Å². The molecule has 0 saturated carbocycles. The van der Waals surface area contributed by atoms with Crippen LogP contribution in [0.15, 0.2) is 0 Å². The molecular weight excluding hydrogens is 234 g/mol. The molecular formula is C10H20ClNO2S. The Labute approximate surface area is 97.2 Å². The van der Waals surface area contributed by atoms with Crippen LogP contribution in [-0.4, -0.2) is 39.2 Å². The third-order valence-electron chi connectivity index (χ3n) is 3.27. The van der Waals surface area contributed by atoms with E-state index in [-0.39, 0.29) is 11.2 Å². The van der Waals surface area contributed by atoms with E-state index in [4.69, 9.17) is 10.7 Å². The van der Waals surface area contributed by atoms with Crippen LogP contribution in [0.3, 0.4) is 0 Å². The summed E-state index contributed by atoms with van der Waals surface area (Å²) < 4.78 is 22.2. The number of hydrogen-bond donors (Lipinski definition) is 0. The van der Waals surface area contributed by atoms with E-state index in [0.29, 0.717) is 5.92 Å². The maximum atomic E-state index is 11.1. The van der Waals surface area contributed by atoms with E-state index in [1.54, 1.807) is 0 Å². The summed E-state index contributed by atoms with van der Waals surface area (Å²) in [4.78, 5) is 2.26. The van der Waals surface area contributed by atoms with Gasteiger partial charge in [-0.15, -0.1) is 0 Å². The van der Waals surface area contributed by atoms with E-state index < -0.39 is 9.05 Å². The summed E-state index contributed by atoms with van der Waals surface area (Å²) in [5.74, 6) is 0.491. The molecule has 5 heteroatoms. The highest BCUT2D eigenvalue weighted by Crippen LogP contribution is 2.35. The van der Waals surface area contributed by atoms with Crippen molar-refractivity contribution in [3.8, 4) is 0 Å². The Morgan fingerprint density at radius 2 is 2.07 bits per heavy atom. The number of piperidine rings is 1. The molecule has 1 atom stereocenters. The first kappa shape index (κ1) is 13.3. The van der Waals surface area contributed by atoms with Gasteiger partial charge in [0, 0.05) is 17.2 Å². The van der Waals surface area contributed by atoms with Crippen molar-refractivity contribution in [2.45, 2.75) is 26.7 Å². The van der Waals surface area contributed by atoms with Crippen molar-refractivity contribution in [2.24, 2.45) is 11.3 Å². The molecule has 0 spiro atoms. The minimum Gasteiger partial charge on any atom is -0.306 e. The molecule has 0 N–H and O–H groups in total. The molecule has 1 aliphatic heterocycles. The minimum absolute atomic E-state index is 0.0695. The van der Waals surface area contributed by atoms with Crippen LogP contribution >= 0.6 is 10.7 Å². The second kappa shape index (κ2) is 4.60. The summed E-state index contributed by atoms with van der Waals surface area (Å²) >= 11 is 0. The molecule has 1 saturated heterocycles. The fourth-order valence-electron chi connectivity index (χ4n) is 2.37. The van der Waals surface area contributed by atoms with Crippen LogP contribution in [0.1, 0.15) is 26.7 Å². The predicted molar refractivity (Wildman–Crippen MR) is 63.6 cm³/mol. The number of hydrogen-bond acceptors (Lipinski definition) is 3. The molecule has 1 rings (SSSR count). The zero-order chi connectivity index (χ0) is 11.7. The Bertz CT molecular complexity index is 313. The Kier molecular flexibility index (Phi) is 4.07. The monoisotopic (exact) mass is 253 g/mol. The second-order valence-electron chi connectivity index (χ2n) is 5.27. The third-order valence-corrected chi connectivity index (χ3v) is 4.69. The van der Waals surface area contributed by atoms with Crippen LogP contribution in [0.25, 0.3) is 0 Å². The number of nitrogens with zero attached hydrogens (tertiary/aromatic N) is 1. The molecule has 0 aliphatic carbocycles. The summed E-state index contributed by atoms with van der Waals surface area (Å²) in [5.41, 5.74) is -0.227. The van der Waals surface area contributed by atoms with Crippen LogP contribution < -0.4 is 0 Å². The van der Waals surface area contributed by atoms with Crippen molar-refractivity contribution in [1.29, 1.82) is 0 Å². The van der Waals surface area contributed by atoms with Gasteiger partial charge >= 0.3 is 0 Å². The largest absolute Gasteiger partial charge is 0.306 e. The first-order valence-corrected chi connectivity index (χ1v) is 7.79. The lowest BCUT2D eigenvalue weighted by molar-refractivity contribution is 0.120. The Morgan fingerprint density at radius 3 is 2.53 bits per heavy atom. The summed E-state index contributed by atoms with van der Waals surface area (Å²) in [6, 6.07) is 0. The van der Waals surface area contributed by atoms with Gasteiger partial charge in [-0.2, -0.15) is 0 Å². The fraction of sp³-hybridized carbons (Fsp3) is 1.00. The predicted octanol–water partition coefficient (Wildman–Crippen LogP) is 1.92. The molecule has 0 aromatic heterocycles. The van der Waals surface area contributed by atoms with Gasteiger partial charge in [0.15, 0.2) is 0 Å².